The summed E-state index contributed by atoms with van der Waals surface area (Å²) in [5.41, 5.74) is 0.666. The molecule has 17 heavy (non-hydrogen) atoms. The Morgan fingerprint density at radius 2 is 2.29 bits per heavy atom. The second kappa shape index (κ2) is 6.80. The highest BCUT2D eigenvalue weighted by molar-refractivity contribution is 7.80. The Morgan fingerprint density at radius 1 is 1.53 bits per heavy atom. The topological polar surface area (TPSA) is 67.2 Å². The molecule has 0 heterocycles. The molecule has 0 saturated heterocycles. The lowest BCUT2D eigenvalue weighted by molar-refractivity contribution is -0.384. The van der Waals surface area contributed by atoms with Gasteiger partial charge in [-0.25, -0.2) is 0 Å². The number of rotatable bonds is 5. The lowest BCUT2D eigenvalue weighted by atomic mass is 10.3. The van der Waals surface area contributed by atoms with Gasteiger partial charge < -0.3 is 10.6 Å². The highest BCUT2D eigenvalue weighted by Gasteiger charge is 2.05. The van der Waals surface area contributed by atoms with Crippen molar-refractivity contribution in [2.75, 3.05) is 11.9 Å². The molecule has 6 heteroatoms. The predicted molar refractivity (Wildman–Crippen MR) is 72.2 cm³/mol. The van der Waals surface area contributed by atoms with Gasteiger partial charge in [0.25, 0.3) is 5.69 Å². The van der Waals surface area contributed by atoms with E-state index in [1.54, 1.807) is 12.1 Å². The SMILES string of the molecule is CCCCNC(=S)Nc1cccc([N+](=O)[O-])c1. The minimum atomic E-state index is -0.432. The van der Waals surface area contributed by atoms with Gasteiger partial charge in [0.1, 0.15) is 0 Å². The van der Waals surface area contributed by atoms with Crippen LogP contribution in [0.15, 0.2) is 24.3 Å². The predicted octanol–water partition coefficient (Wildman–Crippen LogP) is 2.68. The lowest BCUT2D eigenvalue weighted by Gasteiger charge is -2.09. The van der Waals surface area contributed by atoms with Crippen molar-refractivity contribution in [3.63, 3.8) is 0 Å². The zero-order chi connectivity index (χ0) is 12.7. The maximum atomic E-state index is 10.6. The summed E-state index contributed by atoms with van der Waals surface area (Å²) in [6.45, 7) is 2.90. The lowest BCUT2D eigenvalue weighted by Crippen LogP contribution is -2.29. The molecule has 1 aromatic rings. The molecule has 1 aromatic carbocycles. The number of thiocarbonyl (C=S) groups is 1. The summed E-state index contributed by atoms with van der Waals surface area (Å²) >= 11 is 5.07. The van der Waals surface area contributed by atoms with E-state index in [4.69, 9.17) is 12.2 Å². The van der Waals surface area contributed by atoms with Gasteiger partial charge in [0.05, 0.1) is 4.92 Å². The smallest absolute Gasteiger partial charge is 0.271 e. The Labute approximate surface area is 105 Å². The van der Waals surface area contributed by atoms with Crippen LogP contribution in [0.2, 0.25) is 0 Å². The van der Waals surface area contributed by atoms with E-state index < -0.39 is 4.92 Å². The molecule has 92 valence electrons. The van der Waals surface area contributed by atoms with E-state index in [1.807, 2.05) is 0 Å². The third-order valence-corrected chi connectivity index (χ3v) is 2.38. The van der Waals surface area contributed by atoms with Gasteiger partial charge in [-0.05, 0) is 24.7 Å². The van der Waals surface area contributed by atoms with Crippen LogP contribution >= 0.6 is 12.2 Å². The fourth-order valence-electron chi connectivity index (χ4n) is 1.25. The molecule has 0 aliphatic rings. The number of nitro groups is 1. The molecule has 0 fully saturated rings. The molecule has 0 aromatic heterocycles. The number of unbranched alkanes of at least 4 members (excludes halogenated alkanes) is 1. The molecule has 0 aliphatic heterocycles. The number of nitrogens with one attached hydrogen (secondary N) is 2. The molecular weight excluding hydrogens is 238 g/mol. The molecule has 0 bridgehead atoms. The van der Waals surface area contributed by atoms with Gasteiger partial charge in [0.15, 0.2) is 5.11 Å². The molecular formula is C11H15N3O2S. The fourth-order valence-corrected chi connectivity index (χ4v) is 1.47. The van der Waals surface area contributed by atoms with Crippen molar-refractivity contribution in [2.45, 2.75) is 19.8 Å². The largest absolute Gasteiger partial charge is 0.362 e. The first-order valence-corrected chi connectivity index (χ1v) is 5.83. The minimum absolute atomic E-state index is 0.0476. The Balaban J connectivity index is 2.53. The van der Waals surface area contributed by atoms with Crippen LogP contribution in [0.4, 0.5) is 11.4 Å². The summed E-state index contributed by atoms with van der Waals surface area (Å²) in [6.07, 6.45) is 2.13. The quantitative estimate of drug-likeness (QED) is 0.365. The zero-order valence-corrected chi connectivity index (χ0v) is 10.4. The van der Waals surface area contributed by atoms with Crippen LogP contribution < -0.4 is 10.6 Å². The maximum absolute atomic E-state index is 10.6. The van der Waals surface area contributed by atoms with Crippen LogP contribution in [0.3, 0.4) is 0 Å². The average Bonchev–Trinajstić information content (AvgIpc) is 2.29. The first-order valence-electron chi connectivity index (χ1n) is 5.42. The van der Waals surface area contributed by atoms with Crippen LogP contribution in [0.25, 0.3) is 0 Å². The van der Waals surface area contributed by atoms with Crippen LogP contribution in [0.5, 0.6) is 0 Å². The van der Waals surface area contributed by atoms with Crippen LogP contribution in [0.1, 0.15) is 19.8 Å². The van der Waals surface area contributed by atoms with Gasteiger partial charge in [-0.1, -0.05) is 19.4 Å². The van der Waals surface area contributed by atoms with Crippen molar-refractivity contribution in [3.05, 3.63) is 34.4 Å². The Morgan fingerprint density at radius 3 is 2.94 bits per heavy atom. The third-order valence-electron chi connectivity index (χ3n) is 2.13. The molecule has 0 saturated carbocycles. The summed E-state index contributed by atoms with van der Waals surface area (Å²) < 4.78 is 0. The number of hydrogen-bond donors (Lipinski definition) is 2. The molecule has 2 N–H and O–H groups in total. The highest BCUT2D eigenvalue weighted by atomic mass is 32.1. The molecule has 0 atom stereocenters. The van der Waals surface area contributed by atoms with Gasteiger partial charge in [0, 0.05) is 24.4 Å². The van der Waals surface area contributed by atoms with E-state index in [0.717, 1.165) is 19.4 Å². The summed E-state index contributed by atoms with van der Waals surface area (Å²) in [6, 6.07) is 6.25. The van der Waals surface area contributed by atoms with Crippen molar-refractivity contribution in [1.82, 2.24) is 5.32 Å². The van der Waals surface area contributed by atoms with Crippen molar-refractivity contribution in [3.8, 4) is 0 Å². The molecule has 1 rings (SSSR count). The summed E-state index contributed by atoms with van der Waals surface area (Å²) in [5, 5.41) is 17.0. The monoisotopic (exact) mass is 253 g/mol. The normalized spacial score (nSPS) is 9.71. The summed E-state index contributed by atoms with van der Waals surface area (Å²) in [5.74, 6) is 0. The maximum Gasteiger partial charge on any atom is 0.271 e. The van der Waals surface area contributed by atoms with E-state index in [9.17, 15) is 10.1 Å². The van der Waals surface area contributed by atoms with Gasteiger partial charge in [-0.15, -0.1) is 0 Å². The molecule has 0 unspecified atom stereocenters. The fraction of sp³-hybridized carbons (Fsp3) is 0.364. The third kappa shape index (κ3) is 4.78. The first-order chi connectivity index (χ1) is 8.13. The number of nitro benzene ring substituents is 1. The van der Waals surface area contributed by atoms with Gasteiger partial charge in [0.2, 0.25) is 0 Å². The standard InChI is InChI=1S/C11H15N3O2S/c1-2-3-7-12-11(17)13-9-5-4-6-10(8-9)14(15)16/h4-6,8H,2-3,7H2,1H3,(H2,12,13,17). The minimum Gasteiger partial charge on any atom is -0.362 e. The van der Waals surface area contributed by atoms with Crippen LogP contribution in [-0.2, 0) is 0 Å². The second-order valence-electron chi connectivity index (χ2n) is 3.54. The number of non-ortho nitro benzene ring substituents is 1. The van der Waals surface area contributed by atoms with Gasteiger partial charge in [-0.3, -0.25) is 10.1 Å². The zero-order valence-electron chi connectivity index (χ0n) is 9.60. The van der Waals surface area contributed by atoms with E-state index in [-0.39, 0.29) is 5.69 Å². The van der Waals surface area contributed by atoms with E-state index in [2.05, 4.69) is 17.6 Å². The number of anilines is 1. The first kappa shape index (κ1) is 13.4. The average molecular weight is 253 g/mol. The number of hydrogen-bond acceptors (Lipinski definition) is 3. The van der Waals surface area contributed by atoms with Gasteiger partial charge >= 0.3 is 0 Å². The second-order valence-corrected chi connectivity index (χ2v) is 3.95. The molecule has 0 aliphatic carbocycles. The van der Waals surface area contributed by atoms with Crippen molar-refractivity contribution in [2.24, 2.45) is 0 Å². The number of benzene rings is 1. The molecule has 0 spiro atoms. The van der Waals surface area contributed by atoms with E-state index in [1.165, 1.54) is 12.1 Å². The molecule has 5 nitrogen and oxygen atoms in total. The van der Waals surface area contributed by atoms with E-state index in [0.29, 0.717) is 10.8 Å². The van der Waals surface area contributed by atoms with Crippen molar-refractivity contribution in [1.29, 1.82) is 0 Å². The van der Waals surface area contributed by atoms with Gasteiger partial charge in [-0.2, -0.15) is 0 Å². The van der Waals surface area contributed by atoms with Crippen LogP contribution in [-0.4, -0.2) is 16.6 Å². The van der Waals surface area contributed by atoms with E-state index >= 15 is 0 Å². The highest BCUT2D eigenvalue weighted by Crippen LogP contribution is 2.16. The summed E-state index contributed by atoms with van der Waals surface area (Å²) in [7, 11) is 0. The summed E-state index contributed by atoms with van der Waals surface area (Å²) in [4.78, 5) is 10.1. The van der Waals surface area contributed by atoms with Crippen LogP contribution in [0, 0.1) is 10.1 Å². The number of nitrogens with zero attached hydrogens (tertiary/aromatic N) is 1. The van der Waals surface area contributed by atoms with Crippen molar-refractivity contribution >= 4 is 28.7 Å². The molecule has 0 amide bonds. The molecule has 0 radical (unpaired) electrons. The Hall–Kier alpha value is -1.69. The Kier molecular flexibility index (Phi) is 5.35. The Bertz CT molecular complexity index is 409. The van der Waals surface area contributed by atoms with Crippen molar-refractivity contribution < 1.29 is 4.92 Å².